The van der Waals surface area contributed by atoms with E-state index in [0.29, 0.717) is 0 Å². The third-order valence-electron chi connectivity index (χ3n) is 6.29. The molecule has 0 saturated heterocycles. The van der Waals surface area contributed by atoms with Crippen molar-refractivity contribution in [2.24, 2.45) is 0 Å². The molecule has 0 radical (unpaired) electrons. The second-order valence-electron chi connectivity index (χ2n) is 8.32. The van der Waals surface area contributed by atoms with Gasteiger partial charge in [0.15, 0.2) is 5.78 Å². The van der Waals surface area contributed by atoms with Crippen LogP contribution in [-0.2, 0) is 11.5 Å². The van der Waals surface area contributed by atoms with Crippen molar-refractivity contribution in [3.8, 4) is 11.1 Å². The third-order valence-corrected chi connectivity index (χ3v) is 8.21. The number of rotatable bonds is 2. The maximum atomic E-state index is 13.0. The van der Waals surface area contributed by atoms with Crippen molar-refractivity contribution in [3.63, 3.8) is 0 Å². The highest BCUT2D eigenvalue weighted by Crippen LogP contribution is 2.45. The molecule has 2 heteroatoms. The summed E-state index contributed by atoms with van der Waals surface area (Å²) in [6.07, 6.45) is 0. The Bertz CT molecular complexity index is 1440. The molecule has 5 aromatic rings. The quantitative estimate of drug-likeness (QED) is 0.208. The molecule has 0 unspecified atom stereocenters. The van der Waals surface area contributed by atoms with Gasteiger partial charge in [0, 0.05) is 22.4 Å². The number of Topliss-reactive ketones (excluding diaryl/α,β-unsaturated/α-hetero) is 1. The predicted octanol–water partition coefficient (Wildman–Crippen LogP) is 7.63. The van der Waals surface area contributed by atoms with Crippen LogP contribution in [0.1, 0.15) is 21.5 Å². The molecule has 0 bridgehead atoms. The SMILES string of the molecule is O=C(C=S1Cc2ccc3ccccc3c2-c2c(ccc3ccccc23)C1)c1ccccc1. The molecule has 0 fully saturated rings. The van der Waals surface area contributed by atoms with E-state index in [9.17, 15) is 4.79 Å². The summed E-state index contributed by atoms with van der Waals surface area (Å²) in [5.41, 5.74) is 6.11. The van der Waals surface area contributed by atoms with Gasteiger partial charge in [-0.05, 0) is 43.8 Å². The second-order valence-corrected chi connectivity index (χ2v) is 10.2. The highest BCUT2D eigenvalue weighted by atomic mass is 32.2. The van der Waals surface area contributed by atoms with Crippen LogP contribution in [0, 0.1) is 0 Å². The topological polar surface area (TPSA) is 17.1 Å². The Morgan fingerprint density at radius 2 is 1.09 bits per heavy atom. The smallest absolute Gasteiger partial charge is 0.191 e. The minimum Gasteiger partial charge on any atom is -0.289 e. The lowest BCUT2D eigenvalue weighted by atomic mass is 9.88. The molecule has 0 saturated carbocycles. The van der Waals surface area contributed by atoms with Gasteiger partial charge in [-0.15, -0.1) is 0 Å². The number of carbonyl (C=O) groups excluding carboxylic acids is 1. The first-order valence-corrected chi connectivity index (χ1v) is 12.5. The molecule has 1 nitrogen and oxygen atoms in total. The zero-order valence-corrected chi connectivity index (χ0v) is 18.4. The first-order valence-electron chi connectivity index (χ1n) is 10.9. The van der Waals surface area contributed by atoms with Crippen LogP contribution in [0.4, 0.5) is 0 Å². The molecular weight excluding hydrogens is 408 g/mol. The minimum absolute atomic E-state index is 0.125. The molecule has 6 rings (SSSR count). The Kier molecular flexibility index (Phi) is 4.74. The predicted molar refractivity (Wildman–Crippen MR) is 139 cm³/mol. The molecule has 5 aromatic carbocycles. The van der Waals surface area contributed by atoms with Crippen LogP contribution in [0.2, 0.25) is 0 Å². The zero-order chi connectivity index (χ0) is 21.5. The molecule has 0 aromatic heterocycles. The first-order chi connectivity index (χ1) is 15.8. The number of fused-ring (bicyclic) bond motifs is 7. The molecule has 1 heterocycles. The van der Waals surface area contributed by atoms with E-state index in [0.717, 1.165) is 17.1 Å². The first kappa shape index (κ1) is 19.2. The van der Waals surface area contributed by atoms with Gasteiger partial charge >= 0.3 is 0 Å². The Labute approximate surface area is 190 Å². The molecule has 154 valence electrons. The number of ketones is 1. The average molecular weight is 431 g/mol. The van der Waals surface area contributed by atoms with Crippen molar-refractivity contribution in [2.45, 2.75) is 11.5 Å². The summed E-state index contributed by atoms with van der Waals surface area (Å²) >= 11 is 0. The fourth-order valence-electron chi connectivity index (χ4n) is 4.82. The molecule has 1 aliphatic heterocycles. The normalized spacial score (nSPS) is 13.4. The van der Waals surface area contributed by atoms with Gasteiger partial charge in [0.1, 0.15) is 0 Å². The lowest BCUT2D eigenvalue weighted by Gasteiger charge is -2.15. The van der Waals surface area contributed by atoms with Gasteiger partial charge in [-0.25, -0.2) is 0 Å². The molecule has 0 atom stereocenters. The minimum atomic E-state index is -0.176. The van der Waals surface area contributed by atoms with E-state index in [1.165, 1.54) is 43.8 Å². The maximum absolute atomic E-state index is 13.0. The number of hydrogen-bond acceptors (Lipinski definition) is 1. The zero-order valence-electron chi connectivity index (χ0n) is 17.6. The molecule has 0 amide bonds. The van der Waals surface area contributed by atoms with Crippen molar-refractivity contribution in [2.75, 3.05) is 0 Å². The maximum Gasteiger partial charge on any atom is 0.191 e. The Morgan fingerprint density at radius 1 is 0.594 bits per heavy atom. The lowest BCUT2D eigenvalue weighted by Crippen LogP contribution is -2.01. The van der Waals surface area contributed by atoms with Crippen LogP contribution in [0.15, 0.2) is 103 Å². The standard InChI is InChI=1S/C30H22OS/c31-28(23-10-2-1-3-11-23)20-32-18-24-16-14-21-8-4-6-12-26(21)29(24)30-25(19-32)17-15-22-9-5-7-13-27(22)30/h1-17,20H,18-19H2. The lowest BCUT2D eigenvalue weighted by molar-refractivity contribution is 0.107. The van der Waals surface area contributed by atoms with E-state index >= 15 is 0 Å². The van der Waals surface area contributed by atoms with Crippen molar-refractivity contribution in [1.82, 2.24) is 0 Å². The van der Waals surface area contributed by atoms with E-state index in [-0.39, 0.29) is 16.3 Å². The molecular formula is C30H22OS. The molecule has 0 spiro atoms. The molecule has 0 N–H and O–H groups in total. The van der Waals surface area contributed by atoms with Crippen LogP contribution in [0.3, 0.4) is 0 Å². The summed E-state index contributed by atoms with van der Waals surface area (Å²) in [6.45, 7) is 0. The average Bonchev–Trinajstić information content (AvgIpc) is 3.01. The van der Waals surface area contributed by atoms with Crippen molar-refractivity contribution < 1.29 is 4.79 Å². The van der Waals surface area contributed by atoms with Crippen molar-refractivity contribution in [1.29, 1.82) is 0 Å². The van der Waals surface area contributed by atoms with E-state index in [1.807, 2.05) is 35.7 Å². The van der Waals surface area contributed by atoms with E-state index < -0.39 is 0 Å². The van der Waals surface area contributed by atoms with E-state index in [4.69, 9.17) is 0 Å². The molecule has 0 aliphatic carbocycles. The summed E-state index contributed by atoms with van der Waals surface area (Å²) in [7, 11) is -0.176. The van der Waals surface area contributed by atoms with Crippen molar-refractivity contribution >= 4 is 43.2 Å². The van der Waals surface area contributed by atoms with E-state index in [1.54, 1.807) is 0 Å². The van der Waals surface area contributed by atoms with Gasteiger partial charge in [0.05, 0.1) is 0 Å². The fraction of sp³-hybridized carbons (Fsp3) is 0.0667. The van der Waals surface area contributed by atoms with Crippen LogP contribution < -0.4 is 0 Å². The summed E-state index contributed by atoms with van der Waals surface area (Å²) in [4.78, 5) is 13.0. The Morgan fingerprint density at radius 3 is 1.66 bits per heavy atom. The fourth-order valence-corrected chi connectivity index (χ4v) is 6.81. The summed E-state index contributed by atoms with van der Waals surface area (Å²) in [5, 5.41) is 7.08. The van der Waals surface area contributed by atoms with Crippen LogP contribution in [-0.4, -0.2) is 11.2 Å². The van der Waals surface area contributed by atoms with Gasteiger partial charge in [-0.3, -0.25) is 4.79 Å². The van der Waals surface area contributed by atoms with Crippen LogP contribution in [0.5, 0.6) is 0 Å². The highest BCUT2D eigenvalue weighted by molar-refractivity contribution is 8.14. The van der Waals surface area contributed by atoms with Gasteiger partial charge in [0.2, 0.25) is 0 Å². The third kappa shape index (κ3) is 3.28. The summed E-state index contributed by atoms with van der Waals surface area (Å²) in [6, 6.07) is 35.9. The van der Waals surface area contributed by atoms with Gasteiger partial charge in [-0.1, -0.05) is 103 Å². The largest absolute Gasteiger partial charge is 0.289 e. The number of carbonyl (C=O) groups is 1. The number of benzene rings is 5. The van der Waals surface area contributed by atoms with Gasteiger partial charge in [0.25, 0.3) is 0 Å². The Balaban J connectivity index is 1.62. The van der Waals surface area contributed by atoms with Crippen LogP contribution in [0.25, 0.3) is 32.7 Å². The summed E-state index contributed by atoms with van der Waals surface area (Å²) < 4.78 is 0. The monoisotopic (exact) mass is 430 g/mol. The van der Waals surface area contributed by atoms with E-state index in [2.05, 4.69) is 72.8 Å². The van der Waals surface area contributed by atoms with Crippen LogP contribution >= 0.6 is 10.5 Å². The van der Waals surface area contributed by atoms with Crippen molar-refractivity contribution in [3.05, 3.63) is 120 Å². The van der Waals surface area contributed by atoms with Gasteiger partial charge in [-0.2, -0.15) is 10.5 Å². The summed E-state index contributed by atoms with van der Waals surface area (Å²) in [5.74, 6) is 1.91. The Hall–Kier alpha value is -3.49. The number of hydrogen-bond donors (Lipinski definition) is 0. The molecule has 32 heavy (non-hydrogen) atoms. The second kappa shape index (κ2) is 7.89. The van der Waals surface area contributed by atoms with Gasteiger partial charge < -0.3 is 0 Å². The highest BCUT2D eigenvalue weighted by Gasteiger charge is 2.21. The molecule has 1 aliphatic rings.